The van der Waals surface area contributed by atoms with Crippen molar-refractivity contribution in [2.45, 2.75) is 98.0 Å². The molecule has 2 atom stereocenters. The van der Waals surface area contributed by atoms with E-state index in [1.54, 1.807) is 7.11 Å². The maximum atomic E-state index is 9.43. The Kier molecular flexibility index (Phi) is 16.8. The van der Waals surface area contributed by atoms with Gasteiger partial charge in [-0.25, -0.2) is 0 Å². The van der Waals surface area contributed by atoms with Crippen molar-refractivity contribution in [3.63, 3.8) is 0 Å². The van der Waals surface area contributed by atoms with Gasteiger partial charge in [-0.15, -0.1) is 0 Å². The fraction of sp³-hybridized carbons (Fsp3) is 0.913. The van der Waals surface area contributed by atoms with Gasteiger partial charge >= 0.3 is 0 Å². The molecule has 1 rings (SSSR count). The van der Waals surface area contributed by atoms with E-state index in [0.29, 0.717) is 6.61 Å². The molecule has 0 bridgehead atoms. The zero-order valence-electron chi connectivity index (χ0n) is 18.7. The summed E-state index contributed by atoms with van der Waals surface area (Å²) in [7, 11) is 1.62. The number of ether oxygens (including phenoxy) is 1. The summed E-state index contributed by atoms with van der Waals surface area (Å²) < 4.78 is 4.87. The maximum absolute atomic E-state index is 9.43. The van der Waals surface area contributed by atoms with E-state index in [0.717, 1.165) is 31.1 Å². The Hall–Kier alpha value is -0.0900. The zero-order valence-corrected chi connectivity index (χ0v) is 19.5. The lowest BCUT2D eigenvalue weighted by Gasteiger charge is -2.32. The molecule has 0 aliphatic carbocycles. The number of nitrogens with zero attached hydrogens (tertiary/aromatic N) is 1. The minimum Gasteiger partial charge on any atom is -0.389 e. The van der Waals surface area contributed by atoms with E-state index in [9.17, 15) is 5.11 Å². The van der Waals surface area contributed by atoms with Crippen molar-refractivity contribution in [2.24, 2.45) is 5.41 Å². The van der Waals surface area contributed by atoms with Crippen LogP contribution in [0.25, 0.3) is 0 Å². The van der Waals surface area contributed by atoms with Gasteiger partial charge in [0.15, 0.2) is 0 Å². The summed E-state index contributed by atoms with van der Waals surface area (Å²) in [6.45, 7) is 12.5. The predicted octanol–water partition coefficient (Wildman–Crippen LogP) is 6.39. The molecule has 0 saturated carbocycles. The summed E-state index contributed by atoms with van der Waals surface area (Å²) in [6, 6.07) is 0. The molecule has 1 aliphatic heterocycles. The Bertz CT molecular complexity index is 369. The second-order valence-corrected chi connectivity index (χ2v) is 8.33. The Labute approximate surface area is 174 Å². The molecular formula is C23H46ClNO2. The van der Waals surface area contributed by atoms with Gasteiger partial charge in [0.2, 0.25) is 0 Å². The number of halogens is 1. The van der Waals surface area contributed by atoms with Gasteiger partial charge in [0, 0.05) is 24.1 Å². The van der Waals surface area contributed by atoms with Crippen LogP contribution in [0, 0.1) is 5.41 Å². The third kappa shape index (κ3) is 11.5. The highest BCUT2D eigenvalue weighted by atomic mass is 35.5. The smallest absolute Gasteiger partial charge is 0.0900 e. The Morgan fingerprint density at radius 1 is 1.11 bits per heavy atom. The minimum atomic E-state index is -0.312. The number of rotatable bonds is 12. The van der Waals surface area contributed by atoms with E-state index in [1.165, 1.54) is 57.8 Å². The Balaban J connectivity index is 0.000000511. The predicted molar refractivity (Wildman–Crippen MR) is 120 cm³/mol. The molecule has 1 heterocycles. The maximum Gasteiger partial charge on any atom is 0.0900 e. The van der Waals surface area contributed by atoms with E-state index >= 15 is 0 Å². The molecule has 0 aromatic carbocycles. The van der Waals surface area contributed by atoms with Crippen LogP contribution in [0.15, 0.2) is 11.1 Å². The minimum absolute atomic E-state index is 0.280. The van der Waals surface area contributed by atoms with Crippen molar-refractivity contribution in [3.8, 4) is 0 Å². The van der Waals surface area contributed by atoms with Crippen LogP contribution >= 0.6 is 11.6 Å². The normalized spacial score (nSPS) is 19.1. The monoisotopic (exact) mass is 403 g/mol. The van der Waals surface area contributed by atoms with E-state index in [4.69, 9.17) is 16.3 Å². The lowest BCUT2D eigenvalue weighted by Crippen LogP contribution is -2.37. The largest absolute Gasteiger partial charge is 0.389 e. The summed E-state index contributed by atoms with van der Waals surface area (Å²) in [6.07, 6.45) is 14.3. The summed E-state index contributed by atoms with van der Waals surface area (Å²) in [4.78, 5) is 2.31. The molecule has 1 saturated heterocycles. The van der Waals surface area contributed by atoms with E-state index in [1.807, 2.05) is 0 Å². The second kappa shape index (κ2) is 16.8. The number of allylic oxidation sites excluding steroid dienone is 2. The van der Waals surface area contributed by atoms with Gasteiger partial charge in [-0.3, -0.25) is 0 Å². The molecule has 1 aliphatic rings. The SMILES string of the molecule is CC/C=C(/Cl)C(CC)(CCC)CCCC.COCC(O)CN1CCCCC1. The van der Waals surface area contributed by atoms with E-state index in [-0.39, 0.29) is 11.5 Å². The summed E-state index contributed by atoms with van der Waals surface area (Å²) in [5.41, 5.74) is 0.280. The molecule has 0 aromatic rings. The molecule has 1 N–H and O–H groups in total. The average molecular weight is 404 g/mol. The molecule has 0 aromatic heterocycles. The van der Waals surface area contributed by atoms with Gasteiger partial charge in [0.25, 0.3) is 0 Å². The fourth-order valence-corrected chi connectivity index (χ4v) is 4.44. The fourth-order valence-electron chi connectivity index (χ4n) is 3.96. The van der Waals surface area contributed by atoms with Crippen molar-refractivity contribution in [1.82, 2.24) is 4.90 Å². The van der Waals surface area contributed by atoms with Crippen LogP contribution in [0.2, 0.25) is 0 Å². The standard InChI is InChI=1S/C14H27Cl.C9H19NO2/c1-5-9-12-14(8-4,11-7-3)13(15)10-6-2;1-12-8-9(11)7-10-5-3-2-4-6-10/h10H,5-9,11-12H2,1-4H3;9,11H,2-8H2,1H3/b13-10+;. The van der Waals surface area contributed by atoms with Crippen molar-refractivity contribution < 1.29 is 9.84 Å². The van der Waals surface area contributed by atoms with Crippen molar-refractivity contribution in [3.05, 3.63) is 11.1 Å². The lowest BCUT2D eigenvalue weighted by molar-refractivity contribution is 0.0335. The van der Waals surface area contributed by atoms with Gasteiger partial charge in [0.05, 0.1) is 12.7 Å². The average Bonchev–Trinajstić information content (AvgIpc) is 2.67. The summed E-state index contributed by atoms with van der Waals surface area (Å²) in [5.74, 6) is 0. The molecule has 162 valence electrons. The highest BCUT2D eigenvalue weighted by Crippen LogP contribution is 2.43. The molecule has 1 fully saturated rings. The highest BCUT2D eigenvalue weighted by molar-refractivity contribution is 6.30. The van der Waals surface area contributed by atoms with Gasteiger partial charge in [-0.1, -0.05) is 71.1 Å². The van der Waals surface area contributed by atoms with Gasteiger partial charge in [-0.05, 0) is 51.6 Å². The zero-order chi connectivity index (χ0) is 20.5. The number of hydrogen-bond acceptors (Lipinski definition) is 3. The molecule has 2 unspecified atom stereocenters. The van der Waals surface area contributed by atoms with Crippen molar-refractivity contribution >= 4 is 11.6 Å². The van der Waals surface area contributed by atoms with Crippen molar-refractivity contribution in [1.29, 1.82) is 0 Å². The van der Waals surface area contributed by atoms with Crippen LogP contribution in [0.4, 0.5) is 0 Å². The van der Waals surface area contributed by atoms with Crippen LogP contribution < -0.4 is 0 Å². The van der Waals surface area contributed by atoms with E-state index in [2.05, 4.69) is 38.7 Å². The Morgan fingerprint density at radius 3 is 2.26 bits per heavy atom. The first-order valence-corrected chi connectivity index (χ1v) is 11.6. The molecule has 0 amide bonds. The van der Waals surface area contributed by atoms with Gasteiger partial charge in [0.1, 0.15) is 0 Å². The molecular weight excluding hydrogens is 358 g/mol. The Morgan fingerprint density at radius 2 is 1.78 bits per heavy atom. The third-order valence-corrected chi connectivity index (χ3v) is 6.14. The van der Waals surface area contributed by atoms with Crippen LogP contribution in [0.1, 0.15) is 91.9 Å². The first-order valence-electron chi connectivity index (χ1n) is 11.2. The number of piperidine rings is 1. The summed E-state index contributed by atoms with van der Waals surface area (Å²) in [5, 5.41) is 10.5. The van der Waals surface area contributed by atoms with Crippen LogP contribution in [0.5, 0.6) is 0 Å². The number of aliphatic hydroxyl groups is 1. The van der Waals surface area contributed by atoms with Crippen molar-refractivity contribution in [2.75, 3.05) is 33.4 Å². The number of unbranched alkanes of at least 4 members (excludes halogenated alkanes) is 1. The molecule has 0 radical (unpaired) electrons. The quantitative estimate of drug-likeness (QED) is 0.410. The molecule has 0 spiro atoms. The number of β-amino-alcohol motifs (C(OH)–C–C–N with tert-alkyl or cyclic N) is 1. The number of aliphatic hydroxyl groups excluding tert-OH is 1. The summed E-state index contributed by atoms with van der Waals surface area (Å²) >= 11 is 6.48. The third-order valence-electron chi connectivity index (χ3n) is 5.58. The first kappa shape index (κ1) is 26.9. The first-order chi connectivity index (χ1) is 13.0. The van der Waals surface area contributed by atoms with Crippen LogP contribution in [-0.4, -0.2) is 49.5 Å². The van der Waals surface area contributed by atoms with Crippen LogP contribution in [0.3, 0.4) is 0 Å². The lowest BCUT2D eigenvalue weighted by atomic mass is 9.76. The van der Waals surface area contributed by atoms with Crippen LogP contribution in [-0.2, 0) is 4.74 Å². The van der Waals surface area contributed by atoms with E-state index < -0.39 is 0 Å². The van der Waals surface area contributed by atoms with Gasteiger partial charge in [-0.2, -0.15) is 0 Å². The number of likely N-dealkylation sites (tertiary alicyclic amines) is 1. The number of methoxy groups -OCH3 is 1. The molecule has 4 heteroatoms. The number of hydrogen-bond donors (Lipinski definition) is 1. The topological polar surface area (TPSA) is 32.7 Å². The molecule has 3 nitrogen and oxygen atoms in total. The molecule has 27 heavy (non-hydrogen) atoms. The second-order valence-electron chi connectivity index (χ2n) is 7.92. The van der Waals surface area contributed by atoms with Gasteiger partial charge < -0.3 is 14.7 Å². The highest BCUT2D eigenvalue weighted by Gasteiger charge is 2.29.